The monoisotopic (exact) mass is 185 g/mol. The molecule has 0 saturated heterocycles. The van der Waals surface area contributed by atoms with Crippen LogP contribution in [0.3, 0.4) is 0 Å². The molecule has 0 spiro atoms. The molecule has 78 valence electrons. The molecule has 13 heavy (non-hydrogen) atoms. The summed E-state index contributed by atoms with van der Waals surface area (Å²) in [5.41, 5.74) is 0. The van der Waals surface area contributed by atoms with Crippen molar-refractivity contribution >= 4 is 0 Å². The molecular weight excluding hydrogens is 162 g/mol. The SMILES string of the molecule is CCC(C)N(CCO)C1CCCC1. The van der Waals surface area contributed by atoms with Crippen molar-refractivity contribution in [2.24, 2.45) is 0 Å². The molecule has 1 unspecified atom stereocenters. The Labute approximate surface area is 81.9 Å². The van der Waals surface area contributed by atoms with Crippen LogP contribution in [0.15, 0.2) is 0 Å². The predicted octanol–water partition coefficient (Wildman–Crippen LogP) is 2.02. The molecule has 1 aliphatic rings. The average molecular weight is 185 g/mol. The second-order valence-corrected chi connectivity index (χ2v) is 4.16. The first-order chi connectivity index (χ1) is 6.29. The maximum absolute atomic E-state index is 9.00. The minimum Gasteiger partial charge on any atom is -0.395 e. The number of hydrogen-bond acceptors (Lipinski definition) is 2. The van der Waals surface area contributed by atoms with Crippen LogP contribution in [0.4, 0.5) is 0 Å². The van der Waals surface area contributed by atoms with Crippen LogP contribution in [0.2, 0.25) is 0 Å². The quantitative estimate of drug-likeness (QED) is 0.708. The molecule has 0 aliphatic heterocycles. The lowest BCUT2D eigenvalue weighted by Crippen LogP contribution is -2.41. The van der Waals surface area contributed by atoms with Gasteiger partial charge in [-0.3, -0.25) is 4.90 Å². The molecule has 0 heterocycles. The number of aliphatic hydroxyl groups excluding tert-OH is 1. The first-order valence-corrected chi connectivity index (χ1v) is 5.66. The van der Waals surface area contributed by atoms with E-state index in [0.29, 0.717) is 12.6 Å². The molecule has 1 aliphatic carbocycles. The second kappa shape index (κ2) is 5.61. The molecule has 0 aromatic carbocycles. The van der Waals surface area contributed by atoms with Crippen LogP contribution in [0.5, 0.6) is 0 Å². The third-order valence-corrected chi connectivity index (χ3v) is 3.31. The lowest BCUT2D eigenvalue weighted by Gasteiger charge is -2.33. The molecule has 0 aromatic heterocycles. The Balaban J connectivity index is 2.44. The summed E-state index contributed by atoms with van der Waals surface area (Å²) in [4.78, 5) is 2.49. The Morgan fingerprint density at radius 1 is 1.38 bits per heavy atom. The van der Waals surface area contributed by atoms with Gasteiger partial charge in [-0.25, -0.2) is 0 Å². The minimum absolute atomic E-state index is 0.306. The van der Waals surface area contributed by atoms with Crippen molar-refractivity contribution in [3.8, 4) is 0 Å². The number of hydrogen-bond donors (Lipinski definition) is 1. The van der Waals surface area contributed by atoms with Gasteiger partial charge < -0.3 is 5.11 Å². The standard InChI is InChI=1S/C11H23NO/c1-3-10(2)12(8-9-13)11-6-4-5-7-11/h10-11,13H,3-9H2,1-2H3. The maximum Gasteiger partial charge on any atom is 0.0558 e. The summed E-state index contributed by atoms with van der Waals surface area (Å²) in [6.07, 6.45) is 6.62. The average Bonchev–Trinajstić information content (AvgIpc) is 2.65. The minimum atomic E-state index is 0.306. The molecule has 1 saturated carbocycles. The molecule has 1 fully saturated rings. The summed E-state index contributed by atoms with van der Waals surface area (Å²) < 4.78 is 0. The van der Waals surface area contributed by atoms with Crippen molar-refractivity contribution < 1.29 is 5.11 Å². The van der Waals surface area contributed by atoms with Crippen LogP contribution in [0.1, 0.15) is 46.0 Å². The zero-order chi connectivity index (χ0) is 9.68. The Morgan fingerprint density at radius 2 is 2.00 bits per heavy atom. The van der Waals surface area contributed by atoms with Gasteiger partial charge in [-0.2, -0.15) is 0 Å². The van der Waals surface area contributed by atoms with Gasteiger partial charge in [0.15, 0.2) is 0 Å². The molecule has 0 radical (unpaired) electrons. The van der Waals surface area contributed by atoms with E-state index in [1.54, 1.807) is 0 Å². The molecule has 0 bridgehead atoms. The van der Waals surface area contributed by atoms with Gasteiger partial charge in [0.1, 0.15) is 0 Å². The molecular formula is C11H23NO. The summed E-state index contributed by atoms with van der Waals surface area (Å²) in [5.74, 6) is 0. The molecule has 1 rings (SSSR count). The van der Waals surface area contributed by atoms with E-state index >= 15 is 0 Å². The Kier molecular flexibility index (Phi) is 4.74. The van der Waals surface area contributed by atoms with Crippen molar-refractivity contribution in [2.75, 3.05) is 13.2 Å². The van der Waals surface area contributed by atoms with Gasteiger partial charge in [-0.05, 0) is 26.2 Å². The fraction of sp³-hybridized carbons (Fsp3) is 1.00. The van der Waals surface area contributed by atoms with Crippen molar-refractivity contribution in [1.82, 2.24) is 4.90 Å². The molecule has 2 nitrogen and oxygen atoms in total. The van der Waals surface area contributed by atoms with Gasteiger partial charge >= 0.3 is 0 Å². The van der Waals surface area contributed by atoms with Crippen molar-refractivity contribution in [3.63, 3.8) is 0 Å². The first kappa shape index (κ1) is 11.0. The van der Waals surface area contributed by atoms with Crippen LogP contribution in [0, 0.1) is 0 Å². The largest absolute Gasteiger partial charge is 0.395 e. The van der Waals surface area contributed by atoms with E-state index < -0.39 is 0 Å². The molecule has 0 aromatic rings. The van der Waals surface area contributed by atoms with E-state index in [-0.39, 0.29) is 0 Å². The molecule has 2 heteroatoms. The highest BCUT2D eigenvalue weighted by atomic mass is 16.3. The van der Waals surface area contributed by atoms with Gasteiger partial charge in [0.2, 0.25) is 0 Å². The van der Waals surface area contributed by atoms with Crippen LogP contribution in [-0.2, 0) is 0 Å². The van der Waals surface area contributed by atoms with E-state index in [1.165, 1.54) is 32.1 Å². The topological polar surface area (TPSA) is 23.5 Å². The van der Waals surface area contributed by atoms with Crippen molar-refractivity contribution in [2.45, 2.75) is 58.0 Å². The van der Waals surface area contributed by atoms with E-state index in [4.69, 9.17) is 5.11 Å². The summed E-state index contributed by atoms with van der Waals surface area (Å²) in [6.45, 7) is 5.67. The van der Waals surface area contributed by atoms with E-state index in [1.807, 2.05) is 0 Å². The fourth-order valence-corrected chi connectivity index (χ4v) is 2.35. The summed E-state index contributed by atoms with van der Waals surface area (Å²) in [5, 5.41) is 9.00. The van der Waals surface area contributed by atoms with Gasteiger partial charge in [0.05, 0.1) is 6.61 Å². The fourth-order valence-electron chi connectivity index (χ4n) is 2.35. The molecule has 0 amide bonds. The van der Waals surface area contributed by atoms with Crippen molar-refractivity contribution in [1.29, 1.82) is 0 Å². The van der Waals surface area contributed by atoms with E-state index in [2.05, 4.69) is 18.7 Å². The molecule has 1 atom stereocenters. The smallest absolute Gasteiger partial charge is 0.0558 e. The number of rotatable bonds is 5. The van der Waals surface area contributed by atoms with Crippen LogP contribution >= 0.6 is 0 Å². The highest BCUT2D eigenvalue weighted by Gasteiger charge is 2.24. The highest BCUT2D eigenvalue weighted by Crippen LogP contribution is 2.25. The van der Waals surface area contributed by atoms with Crippen LogP contribution in [0.25, 0.3) is 0 Å². The number of nitrogens with zero attached hydrogens (tertiary/aromatic N) is 1. The highest BCUT2D eigenvalue weighted by molar-refractivity contribution is 4.80. The normalized spacial score (nSPS) is 21.2. The first-order valence-electron chi connectivity index (χ1n) is 5.66. The lowest BCUT2D eigenvalue weighted by molar-refractivity contribution is 0.110. The van der Waals surface area contributed by atoms with E-state index in [0.717, 1.165) is 12.6 Å². The van der Waals surface area contributed by atoms with Gasteiger partial charge in [0, 0.05) is 18.6 Å². The third kappa shape index (κ3) is 2.96. The van der Waals surface area contributed by atoms with E-state index in [9.17, 15) is 0 Å². The zero-order valence-corrected chi connectivity index (χ0v) is 9.00. The van der Waals surface area contributed by atoms with Crippen LogP contribution in [-0.4, -0.2) is 35.2 Å². The summed E-state index contributed by atoms with van der Waals surface area (Å²) in [7, 11) is 0. The van der Waals surface area contributed by atoms with Gasteiger partial charge in [0.25, 0.3) is 0 Å². The maximum atomic E-state index is 9.00. The lowest BCUT2D eigenvalue weighted by atomic mass is 10.1. The predicted molar refractivity (Wildman–Crippen MR) is 55.8 cm³/mol. The Morgan fingerprint density at radius 3 is 2.46 bits per heavy atom. The Bertz CT molecular complexity index is 132. The van der Waals surface area contributed by atoms with Gasteiger partial charge in [-0.15, -0.1) is 0 Å². The molecule has 1 N–H and O–H groups in total. The third-order valence-electron chi connectivity index (χ3n) is 3.31. The summed E-state index contributed by atoms with van der Waals surface area (Å²) >= 11 is 0. The van der Waals surface area contributed by atoms with Crippen molar-refractivity contribution in [3.05, 3.63) is 0 Å². The second-order valence-electron chi connectivity index (χ2n) is 4.16. The number of aliphatic hydroxyl groups is 1. The zero-order valence-electron chi connectivity index (χ0n) is 9.00. The van der Waals surface area contributed by atoms with Crippen LogP contribution < -0.4 is 0 Å². The van der Waals surface area contributed by atoms with Gasteiger partial charge in [-0.1, -0.05) is 19.8 Å². The summed E-state index contributed by atoms with van der Waals surface area (Å²) in [6, 6.07) is 1.39. The Hall–Kier alpha value is -0.0800.